The van der Waals surface area contributed by atoms with Crippen LogP contribution >= 0.6 is 0 Å². The van der Waals surface area contributed by atoms with E-state index in [1.54, 1.807) is 13.0 Å². The van der Waals surface area contributed by atoms with E-state index in [9.17, 15) is 4.79 Å². The lowest BCUT2D eigenvalue weighted by Gasteiger charge is -2.32. The molecule has 0 aromatic rings. The second kappa shape index (κ2) is 7.31. The lowest BCUT2D eigenvalue weighted by atomic mass is 9.91. The summed E-state index contributed by atoms with van der Waals surface area (Å²) in [5.41, 5.74) is 0.232. The van der Waals surface area contributed by atoms with E-state index >= 15 is 0 Å². The molecule has 19 heavy (non-hydrogen) atoms. The highest BCUT2D eigenvalue weighted by atomic mass is 16.5. The van der Waals surface area contributed by atoms with Crippen LogP contribution < -0.4 is 0 Å². The van der Waals surface area contributed by atoms with Gasteiger partial charge in [0.25, 0.3) is 0 Å². The standard InChI is InChI=1S/C15H26N2O2/c1-5-7-14(18)19-11-10-17-9-6-8-16-13(17)12-15(2,3)4/h5,7H,6,8-12H2,1-4H3/b7-5+. The Morgan fingerprint density at radius 3 is 2.84 bits per heavy atom. The molecule has 1 aliphatic rings. The third-order valence-corrected chi connectivity index (χ3v) is 2.84. The summed E-state index contributed by atoms with van der Waals surface area (Å²) in [6, 6.07) is 0. The molecular formula is C15H26N2O2. The van der Waals surface area contributed by atoms with Crippen LogP contribution in [0, 0.1) is 5.41 Å². The number of carbonyl (C=O) groups is 1. The van der Waals surface area contributed by atoms with Crippen molar-refractivity contribution in [2.45, 2.75) is 40.5 Å². The van der Waals surface area contributed by atoms with Crippen molar-refractivity contribution in [2.24, 2.45) is 10.4 Å². The van der Waals surface area contributed by atoms with E-state index < -0.39 is 0 Å². The highest BCUT2D eigenvalue weighted by Gasteiger charge is 2.21. The van der Waals surface area contributed by atoms with E-state index in [4.69, 9.17) is 4.74 Å². The van der Waals surface area contributed by atoms with E-state index in [2.05, 4.69) is 30.7 Å². The summed E-state index contributed by atoms with van der Waals surface area (Å²) in [5, 5.41) is 0. The van der Waals surface area contributed by atoms with E-state index in [0.29, 0.717) is 6.61 Å². The monoisotopic (exact) mass is 266 g/mol. The number of carbonyl (C=O) groups excluding carboxylic acids is 1. The summed E-state index contributed by atoms with van der Waals surface area (Å²) in [6.45, 7) is 11.5. The molecule has 0 fully saturated rings. The van der Waals surface area contributed by atoms with Crippen molar-refractivity contribution in [3.63, 3.8) is 0 Å². The van der Waals surface area contributed by atoms with Crippen molar-refractivity contribution in [1.29, 1.82) is 0 Å². The number of nitrogens with zero attached hydrogens (tertiary/aromatic N) is 2. The van der Waals surface area contributed by atoms with Crippen LogP contribution in [0.1, 0.15) is 40.5 Å². The summed E-state index contributed by atoms with van der Waals surface area (Å²) >= 11 is 0. The second-order valence-corrected chi connectivity index (χ2v) is 6.04. The van der Waals surface area contributed by atoms with Crippen LogP contribution in [0.2, 0.25) is 0 Å². The first-order chi connectivity index (χ1) is 8.92. The molecule has 108 valence electrons. The Kier molecular flexibility index (Phi) is 6.06. The summed E-state index contributed by atoms with van der Waals surface area (Å²) in [7, 11) is 0. The molecule has 0 aromatic carbocycles. The Hall–Kier alpha value is -1.32. The molecule has 0 N–H and O–H groups in total. The number of amidine groups is 1. The molecule has 0 aliphatic carbocycles. The Balaban J connectivity index is 2.44. The van der Waals surface area contributed by atoms with Crippen LogP contribution in [0.5, 0.6) is 0 Å². The smallest absolute Gasteiger partial charge is 0.330 e. The van der Waals surface area contributed by atoms with E-state index in [1.807, 2.05) is 0 Å². The van der Waals surface area contributed by atoms with E-state index in [-0.39, 0.29) is 11.4 Å². The van der Waals surface area contributed by atoms with Crippen LogP contribution in [0.15, 0.2) is 17.1 Å². The molecule has 0 atom stereocenters. The van der Waals surface area contributed by atoms with Gasteiger partial charge in [0.15, 0.2) is 0 Å². The predicted molar refractivity (Wildman–Crippen MR) is 78.3 cm³/mol. The number of hydrogen-bond acceptors (Lipinski definition) is 4. The van der Waals surface area contributed by atoms with Crippen LogP contribution in [-0.4, -0.2) is 42.9 Å². The topological polar surface area (TPSA) is 41.9 Å². The van der Waals surface area contributed by atoms with Crippen LogP contribution in [0.3, 0.4) is 0 Å². The van der Waals surface area contributed by atoms with Gasteiger partial charge in [-0.3, -0.25) is 4.99 Å². The fourth-order valence-electron chi connectivity index (χ4n) is 2.02. The summed E-state index contributed by atoms with van der Waals surface area (Å²) in [6.07, 6.45) is 5.18. The van der Waals surface area contributed by atoms with Crippen LogP contribution in [-0.2, 0) is 9.53 Å². The lowest BCUT2D eigenvalue weighted by Crippen LogP contribution is -2.40. The number of allylic oxidation sites excluding steroid dienone is 1. The third kappa shape index (κ3) is 6.41. The van der Waals surface area contributed by atoms with Gasteiger partial charge in [0, 0.05) is 25.6 Å². The Labute approximate surface area is 116 Å². The molecule has 4 nitrogen and oxygen atoms in total. The normalized spacial score (nSPS) is 16.6. The number of ether oxygens (including phenoxy) is 1. The molecule has 0 saturated carbocycles. The predicted octanol–water partition coefficient (Wildman–Crippen LogP) is 2.65. The highest BCUT2D eigenvalue weighted by Crippen LogP contribution is 2.22. The SMILES string of the molecule is C/C=C/C(=O)OCCN1CCCN=C1CC(C)(C)C. The maximum Gasteiger partial charge on any atom is 0.330 e. The van der Waals surface area contributed by atoms with Gasteiger partial charge in [0.1, 0.15) is 6.61 Å². The highest BCUT2D eigenvalue weighted by molar-refractivity contribution is 5.83. The third-order valence-electron chi connectivity index (χ3n) is 2.84. The number of hydrogen-bond donors (Lipinski definition) is 0. The molecule has 0 radical (unpaired) electrons. The largest absolute Gasteiger partial charge is 0.461 e. The van der Waals surface area contributed by atoms with E-state index in [0.717, 1.165) is 38.3 Å². The summed E-state index contributed by atoms with van der Waals surface area (Å²) in [4.78, 5) is 18.1. The minimum atomic E-state index is -0.270. The van der Waals surface area contributed by atoms with Crippen molar-refractivity contribution in [3.05, 3.63) is 12.2 Å². The van der Waals surface area contributed by atoms with E-state index in [1.165, 1.54) is 6.08 Å². The Morgan fingerprint density at radius 1 is 1.47 bits per heavy atom. The molecule has 0 unspecified atom stereocenters. The van der Waals surface area contributed by atoms with Gasteiger partial charge in [-0.05, 0) is 18.8 Å². The fraction of sp³-hybridized carbons (Fsp3) is 0.733. The fourth-order valence-corrected chi connectivity index (χ4v) is 2.02. The molecule has 0 saturated heterocycles. The minimum Gasteiger partial charge on any atom is -0.461 e. The van der Waals surface area contributed by atoms with Gasteiger partial charge in [0.2, 0.25) is 0 Å². The maximum atomic E-state index is 11.2. The van der Waals surface area contributed by atoms with Gasteiger partial charge in [-0.15, -0.1) is 0 Å². The zero-order valence-corrected chi connectivity index (χ0v) is 12.6. The molecule has 0 amide bonds. The first-order valence-electron chi connectivity index (χ1n) is 7.00. The van der Waals surface area contributed by atoms with Gasteiger partial charge in [-0.2, -0.15) is 0 Å². The molecule has 1 heterocycles. The molecule has 4 heteroatoms. The van der Waals surface area contributed by atoms with Crippen LogP contribution in [0.25, 0.3) is 0 Å². The van der Waals surface area contributed by atoms with Crippen molar-refractivity contribution in [1.82, 2.24) is 4.90 Å². The average molecular weight is 266 g/mol. The summed E-state index contributed by atoms with van der Waals surface area (Å²) < 4.78 is 5.14. The zero-order valence-electron chi connectivity index (χ0n) is 12.6. The lowest BCUT2D eigenvalue weighted by molar-refractivity contribution is -0.137. The summed E-state index contributed by atoms with van der Waals surface area (Å²) in [5.74, 6) is 0.884. The number of esters is 1. The Morgan fingerprint density at radius 2 is 2.21 bits per heavy atom. The minimum absolute atomic E-state index is 0.232. The van der Waals surface area contributed by atoms with Crippen molar-refractivity contribution in [3.8, 4) is 0 Å². The molecule has 1 aliphatic heterocycles. The van der Waals surface area contributed by atoms with Gasteiger partial charge < -0.3 is 9.64 Å². The first-order valence-corrected chi connectivity index (χ1v) is 7.00. The first kappa shape index (κ1) is 15.7. The van der Waals surface area contributed by atoms with Crippen molar-refractivity contribution >= 4 is 11.8 Å². The Bertz CT molecular complexity index is 354. The van der Waals surface area contributed by atoms with Crippen molar-refractivity contribution < 1.29 is 9.53 Å². The molecule has 0 bridgehead atoms. The molecular weight excluding hydrogens is 240 g/mol. The van der Waals surface area contributed by atoms with Gasteiger partial charge in [-0.1, -0.05) is 26.8 Å². The van der Waals surface area contributed by atoms with Crippen LogP contribution in [0.4, 0.5) is 0 Å². The molecule has 0 aromatic heterocycles. The molecule has 1 rings (SSSR count). The number of rotatable bonds is 5. The quantitative estimate of drug-likeness (QED) is 0.567. The average Bonchev–Trinajstić information content (AvgIpc) is 2.30. The van der Waals surface area contributed by atoms with Crippen molar-refractivity contribution in [2.75, 3.05) is 26.2 Å². The maximum absolute atomic E-state index is 11.2. The second-order valence-electron chi connectivity index (χ2n) is 6.04. The van der Waals surface area contributed by atoms with Gasteiger partial charge in [0.05, 0.1) is 12.4 Å². The zero-order chi connectivity index (χ0) is 14.3. The molecule has 0 spiro atoms. The number of aliphatic imine (C=N–C) groups is 1. The van der Waals surface area contributed by atoms with Gasteiger partial charge >= 0.3 is 5.97 Å². The van der Waals surface area contributed by atoms with Gasteiger partial charge in [-0.25, -0.2) is 4.79 Å².